The largest absolute Gasteiger partial charge is 0.443 e. The number of imide groups is 1. The number of hydrogen-bond donors (Lipinski definition) is 0. The number of carbonyl (C=O) groups excluding carboxylic acids is 2. The van der Waals surface area contributed by atoms with E-state index in [0.29, 0.717) is 16.8 Å². The van der Waals surface area contributed by atoms with Crippen LogP contribution < -0.4 is 4.90 Å². The molecule has 0 radical (unpaired) electrons. The van der Waals surface area contributed by atoms with Crippen LogP contribution in [0.4, 0.5) is 14.9 Å². The summed E-state index contributed by atoms with van der Waals surface area (Å²) in [6, 6.07) is 12.9. The van der Waals surface area contributed by atoms with Crippen molar-refractivity contribution in [2.45, 2.75) is 38.2 Å². The lowest BCUT2D eigenvalue weighted by Crippen LogP contribution is -2.45. The molecular formula is C22H22FNO3. The van der Waals surface area contributed by atoms with Gasteiger partial charge in [-0.25, -0.2) is 14.1 Å². The molecule has 0 spiro atoms. The van der Waals surface area contributed by atoms with Crippen LogP contribution >= 0.6 is 0 Å². The van der Waals surface area contributed by atoms with Crippen LogP contribution in [0, 0.1) is 5.82 Å². The van der Waals surface area contributed by atoms with E-state index in [1.165, 1.54) is 12.1 Å². The molecule has 0 saturated heterocycles. The molecule has 0 aliphatic carbocycles. The van der Waals surface area contributed by atoms with E-state index in [4.69, 9.17) is 4.74 Å². The van der Waals surface area contributed by atoms with E-state index in [0.717, 1.165) is 4.90 Å². The van der Waals surface area contributed by atoms with Crippen molar-refractivity contribution in [3.8, 4) is 0 Å². The molecule has 4 nitrogen and oxygen atoms in total. The molecule has 140 valence electrons. The molecule has 0 bridgehead atoms. The van der Waals surface area contributed by atoms with E-state index in [1.54, 1.807) is 51.1 Å². The summed E-state index contributed by atoms with van der Waals surface area (Å²) in [6.07, 6.45) is 1.18. The molecule has 0 aromatic heterocycles. The van der Waals surface area contributed by atoms with Gasteiger partial charge in [-0.3, -0.25) is 4.79 Å². The molecule has 1 aliphatic heterocycles. The Morgan fingerprint density at radius 3 is 2.41 bits per heavy atom. The summed E-state index contributed by atoms with van der Waals surface area (Å²) in [4.78, 5) is 27.5. The lowest BCUT2D eigenvalue weighted by molar-refractivity contribution is -0.121. The van der Waals surface area contributed by atoms with E-state index in [2.05, 4.69) is 6.58 Å². The zero-order valence-electron chi connectivity index (χ0n) is 15.7. The number of anilines is 1. The van der Waals surface area contributed by atoms with Crippen molar-refractivity contribution >= 4 is 17.7 Å². The van der Waals surface area contributed by atoms with Gasteiger partial charge in [0, 0.05) is 0 Å². The van der Waals surface area contributed by atoms with E-state index in [1.807, 2.05) is 12.1 Å². The molecule has 1 atom stereocenters. The van der Waals surface area contributed by atoms with E-state index >= 15 is 0 Å². The fourth-order valence-electron chi connectivity index (χ4n) is 3.48. The van der Waals surface area contributed by atoms with Crippen LogP contribution in [0.1, 0.15) is 38.3 Å². The lowest BCUT2D eigenvalue weighted by atomic mass is 9.73. The second kappa shape index (κ2) is 6.65. The Morgan fingerprint density at radius 1 is 1.19 bits per heavy atom. The van der Waals surface area contributed by atoms with Gasteiger partial charge in [-0.05, 0) is 56.5 Å². The highest BCUT2D eigenvalue weighted by Crippen LogP contribution is 2.48. The number of allylic oxidation sites excluding steroid dienone is 1. The minimum atomic E-state index is -1.15. The summed E-state index contributed by atoms with van der Waals surface area (Å²) >= 11 is 0. The number of amides is 2. The number of benzene rings is 2. The van der Waals surface area contributed by atoms with Gasteiger partial charge in [0.1, 0.15) is 16.8 Å². The van der Waals surface area contributed by atoms with Gasteiger partial charge in [-0.2, -0.15) is 0 Å². The molecule has 1 aliphatic rings. The fraction of sp³-hybridized carbons (Fsp3) is 0.273. The zero-order valence-corrected chi connectivity index (χ0v) is 15.7. The predicted octanol–water partition coefficient (Wildman–Crippen LogP) is 4.97. The number of fused-ring (bicyclic) bond motifs is 1. The van der Waals surface area contributed by atoms with Crippen LogP contribution in [0.3, 0.4) is 0 Å². The molecule has 1 unspecified atom stereocenters. The minimum Gasteiger partial charge on any atom is -0.443 e. The van der Waals surface area contributed by atoms with Gasteiger partial charge in [0.25, 0.3) is 5.91 Å². The van der Waals surface area contributed by atoms with Crippen molar-refractivity contribution in [2.75, 3.05) is 4.90 Å². The number of carbonyl (C=O) groups is 2. The highest BCUT2D eigenvalue weighted by Gasteiger charge is 2.54. The normalized spacial score (nSPS) is 19.0. The van der Waals surface area contributed by atoms with Crippen LogP contribution in [0.2, 0.25) is 0 Å². The summed E-state index contributed by atoms with van der Waals surface area (Å²) in [5.41, 5.74) is -0.142. The molecule has 0 saturated carbocycles. The number of hydrogen-bond acceptors (Lipinski definition) is 3. The summed E-state index contributed by atoms with van der Waals surface area (Å²) in [7, 11) is 0. The number of rotatable bonds is 3. The summed E-state index contributed by atoms with van der Waals surface area (Å²) in [5, 5.41) is 0. The third-order valence-corrected chi connectivity index (χ3v) is 4.54. The Bertz CT molecular complexity index is 899. The molecule has 2 aromatic carbocycles. The van der Waals surface area contributed by atoms with Crippen molar-refractivity contribution in [1.29, 1.82) is 0 Å². The van der Waals surface area contributed by atoms with Crippen LogP contribution in [-0.2, 0) is 14.9 Å². The van der Waals surface area contributed by atoms with Gasteiger partial charge in [-0.15, -0.1) is 6.58 Å². The molecular weight excluding hydrogens is 345 g/mol. The maximum atomic E-state index is 13.6. The van der Waals surface area contributed by atoms with Gasteiger partial charge >= 0.3 is 6.09 Å². The SMILES string of the molecule is C=CCC1(c2ccc(F)cc2)C(=O)N(C(=O)OC(C)(C)C)c2ccccc21. The molecule has 3 rings (SSSR count). The van der Waals surface area contributed by atoms with Crippen LogP contribution in [0.25, 0.3) is 0 Å². The molecule has 5 heteroatoms. The maximum absolute atomic E-state index is 13.6. The average Bonchev–Trinajstić information content (AvgIpc) is 2.84. The molecule has 27 heavy (non-hydrogen) atoms. The highest BCUT2D eigenvalue weighted by atomic mass is 19.1. The van der Waals surface area contributed by atoms with Crippen molar-refractivity contribution in [1.82, 2.24) is 0 Å². The summed E-state index contributed by atoms with van der Waals surface area (Å²) in [6.45, 7) is 9.02. The number of halogens is 1. The standard InChI is InChI=1S/C22H22FNO3/c1-5-14-22(15-10-12-16(23)13-11-15)17-8-6-7-9-18(17)24(19(22)25)20(26)27-21(2,3)4/h5-13H,1,14H2,2-4H3. The lowest BCUT2D eigenvalue weighted by Gasteiger charge is -2.29. The number of ether oxygens (including phenoxy) is 1. The van der Waals surface area contributed by atoms with Crippen LogP contribution in [-0.4, -0.2) is 17.6 Å². The smallest absolute Gasteiger partial charge is 0.421 e. The Labute approximate surface area is 158 Å². The Morgan fingerprint density at radius 2 is 1.81 bits per heavy atom. The third-order valence-electron chi connectivity index (χ3n) is 4.54. The van der Waals surface area contributed by atoms with Crippen molar-refractivity contribution in [3.05, 3.63) is 78.1 Å². The zero-order chi connectivity index (χ0) is 19.8. The van der Waals surface area contributed by atoms with E-state index in [9.17, 15) is 14.0 Å². The van der Waals surface area contributed by atoms with Crippen LogP contribution in [0.5, 0.6) is 0 Å². The first-order valence-corrected chi connectivity index (χ1v) is 8.75. The van der Waals surface area contributed by atoms with Crippen molar-refractivity contribution in [3.63, 3.8) is 0 Å². The fourth-order valence-corrected chi connectivity index (χ4v) is 3.48. The predicted molar refractivity (Wildman–Crippen MR) is 102 cm³/mol. The molecule has 2 aromatic rings. The summed E-state index contributed by atoms with van der Waals surface area (Å²) < 4.78 is 18.9. The molecule has 0 fully saturated rings. The van der Waals surface area contributed by atoms with Crippen molar-refractivity contribution in [2.24, 2.45) is 0 Å². The Kier molecular flexibility index (Phi) is 4.64. The molecule has 2 amide bonds. The summed E-state index contributed by atoms with van der Waals surface area (Å²) in [5.74, 6) is -0.820. The second-order valence-corrected chi connectivity index (χ2v) is 7.54. The minimum absolute atomic E-state index is 0.272. The quantitative estimate of drug-likeness (QED) is 0.720. The maximum Gasteiger partial charge on any atom is 0.421 e. The van der Waals surface area contributed by atoms with Gasteiger partial charge < -0.3 is 4.74 Å². The van der Waals surface area contributed by atoms with Gasteiger partial charge in [0.05, 0.1) is 5.69 Å². The third kappa shape index (κ3) is 3.14. The number of para-hydroxylation sites is 1. The topological polar surface area (TPSA) is 46.6 Å². The van der Waals surface area contributed by atoms with Gasteiger partial charge in [-0.1, -0.05) is 36.4 Å². The van der Waals surface area contributed by atoms with Gasteiger partial charge in [0.15, 0.2) is 0 Å². The number of nitrogens with zero attached hydrogens (tertiary/aromatic N) is 1. The first-order valence-electron chi connectivity index (χ1n) is 8.75. The Balaban J connectivity index is 2.20. The van der Waals surface area contributed by atoms with Crippen molar-refractivity contribution < 1.29 is 18.7 Å². The van der Waals surface area contributed by atoms with Gasteiger partial charge in [0.2, 0.25) is 0 Å². The molecule has 1 heterocycles. The average molecular weight is 367 g/mol. The first kappa shape index (κ1) is 18.8. The van der Waals surface area contributed by atoms with E-state index < -0.39 is 28.8 Å². The van der Waals surface area contributed by atoms with Crippen LogP contribution in [0.15, 0.2) is 61.2 Å². The van der Waals surface area contributed by atoms with E-state index in [-0.39, 0.29) is 6.42 Å². The monoisotopic (exact) mass is 367 g/mol. The molecule has 0 N–H and O–H groups in total. The first-order chi connectivity index (χ1) is 12.7. The second-order valence-electron chi connectivity index (χ2n) is 7.54. The highest BCUT2D eigenvalue weighted by molar-refractivity contribution is 6.22. The Hall–Kier alpha value is -2.95.